The number of nitrogens with zero attached hydrogens (tertiary/aromatic N) is 3. The molecular weight excluding hydrogens is 368 g/mol. The molecule has 1 aliphatic heterocycles. The van der Waals surface area contributed by atoms with Gasteiger partial charge in [0.25, 0.3) is 5.91 Å². The Morgan fingerprint density at radius 1 is 1.17 bits per heavy atom. The first kappa shape index (κ1) is 20.9. The van der Waals surface area contributed by atoms with E-state index in [0.717, 1.165) is 49.8 Å². The van der Waals surface area contributed by atoms with Crippen LogP contribution in [0.1, 0.15) is 27.9 Å². The SMILES string of the molecule is COc1cc2c(cc1OC)CN(c1cc(C(=O)NCCCN(C)C)ccn1)CC2. The third-order valence-electron chi connectivity index (χ3n) is 5.12. The van der Waals surface area contributed by atoms with Gasteiger partial charge in [0.2, 0.25) is 0 Å². The van der Waals surface area contributed by atoms with Gasteiger partial charge in [-0.05, 0) is 68.9 Å². The van der Waals surface area contributed by atoms with Crippen molar-refractivity contribution in [3.63, 3.8) is 0 Å². The predicted molar refractivity (Wildman–Crippen MR) is 114 cm³/mol. The Kier molecular flexibility index (Phi) is 6.93. The fourth-order valence-corrected chi connectivity index (χ4v) is 3.51. The van der Waals surface area contributed by atoms with Gasteiger partial charge >= 0.3 is 0 Å². The number of amides is 1. The van der Waals surface area contributed by atoms with Crippen molar-refractivity contribution < 1.29 is 14.3 Å². The zero-order valence-corrected chi connectivity index (χ0v) is 17.7. The van der Waals surface area contributed by atoms with E-state index in [1.807, 2.05) is 26.2 Å². The number of rotatable bonds is 8. The zero-order valence-electron chi connectivity index (χ0n) is 17.7. The normalized spacial score (nSPS) is 13.2. The molecule has 0 saturated heterocycles. The minimum absolute atomic E-state index is 0.0591. The van der Waals surface area contributed by atoms with E-state index in [2.05, 4.69) is 26.2 Å². The number of aromatic nitrogens is 1. The van der Waals surface area contributed by atoms with Crippen LogP contribution in [0.3, 0.4) is 0 Å². The van der Waals surface area contributed by atoms with E-state index in [4.69, 9.17) is 9.47 Å². The van der Waals surface area contributed by atoms with Gasteiger partial charge in [0, 0.05) is 31.4 Å². The molecular formula is C22H30N4O3. The largest absolute Gasteiger partial charge is 0.493 e. The van der Waals surface area contributed by atoms with E-state index in [-0.39, 0.29) is 5.91 Å². The van der Waals surface area contributed by atoms with Gasteiger partial charge in [0.05, 0.1) is 14.2 Å². The molecule has 0 bridgehead atoms. The lowest BCUT2D eigenvalue weighted by molar-refractivity contribution is 0.0952. The minimum atomic E-state index is -0.0591. The van der Waals surface area contributed by atoms with Crippen LogP contribution in [0.4, 0.5) is 5.82 Å². The van der Waals surface area contributed by atoms with Crippen LogP contribution in [-0.2, 0) is 13.0 Å². The second-order valence-electron chi connectivity index (χ2n) is 7.46. The van der Waals surface area contributed by atoms with Crippen molar-refractivity contribution in [2.24, 2.45) is 0 Å². The summed E-state index contributed by atoms with van der Waals surface area (Å²) in [5, 5.41) is 2.99. The smallest absolute Gasteiger partial charge is 0.251 e. The maximum Gasteiger partial charge on any atom is 0.251 e. The van der Waals surface area contributed by atoms with Crippen molar-refractivity contribution >= 4 is 11.7 Å². The van der Waals surface area contributed by atoms with Gasteiger partial charge in [0.15, 0.2) is 11.5 Å². The minimum Gasteiger partial charge on any atom is -0.493 e. The Labute approximate surface area is 172 Å². The lowest BCUT2D eigenvalue weighted by Crippen LogP contribution is -2.32. The number of benzene rings is 1. The average molecular weight is 399 g/mol. The Bertz CT molecular complexity index is 854. The molecule has 1 aliphatic rings. The van der Waals surface area contributed by atoms with E-state index in [9.17, 15) is 4.79 Å². The number of anilines is 1. The quantitative estimate of drug-likeness (QED) is 0.689. The number of methoxy groups -OCH3 is 2. The zero-order chi connectivity index (χ0) is 20.8. The van der Waals surface area contributed by atoms with Gasteiger partial charge < -0.3 is 24.6 Å². The standard InChI is InChI=1S/C22H30N4O3/c1-25(2)10-5-8-24-22(27)17-6-9-23-21(14-17)26-11-7-16-12-19(28-3)20(29-4)13-18(16)15-26/h6,9,12-14H,5,7-8,10-11,15H2,1-4H3,(H,24,27). The Balaban J connectivity index is 1.69. The molecule has 2 aromatic rings. The molecule has 2 heterocycles. The summed E-state index contributed by atoms with van der Waals surface area (Å²) in [6, 6.07) is 7.71. The van der Waals surface area contributed by atoms with Gasteiger partial charge in [-0.15, -0.1) is 0 Å². The number of hydrogen-bond acceptors (Lipinski definition) is 6. The summed E-state index contributed by atoms with van der Waals surface area (Å²) in [6.45, 7) is 3.16. The molecule has 3 rings (SSSR count). The number of nitrogens with one attached hydrogen (secondary N) is 1. The van der Waals surface area contributed by atoms with E-state index < -0.39 is 0 Å². The fourth-order valence-electron chi connectivity index (χ4n) is 3.51. The number of carbonyl (C=O) groups excluding carboxylic acids is 1. The summed E-state index contributed by atoms with van der Waals surface area (Å²) >= 11 is 0. The van der Waals surface area contributed by atoms with Crippen LogP contribution in [0, 0.1) is 0 Å². The van der Waals surface area contributed by atoms with Crippen molar-refractivity contribution in [3.8, 4) is 11.5 Å². The molecule has 0 atom stereocenters. The number of carbonyl (C=O) groups is 1. The highest BCUT2D eigenvalue weighted by Crippen LogP contribution is 2.34. The molecule has 7 nitrogen and oxygen atoms in total. The van der Waals surface area contributed by atoms with E-state index >= 15 is 0 Å². The first-order valence-corrected chi connectivity index (χ1v) is 9.89. The molecule has 7 heteroatoms. The molecule has 156 valence electrons. The van der Waals surface area contributed by atoms with Crippen molar-refractivity contribution in [2.45, 2.75) is 19.4 Å². The predicted octanol–water partition coefficient (Wildman–Crippen LogP) is 2.34. The monoisotopic (exact) mass is 398 g/mol. The van der Waals surface area contributed by atoms with Crippen LogP contribution in [-0.4, -0.2) is 63.7 Å². The number of ether oxygens (including phenoxy) is 2. The van der Waals surface area contributed by atoms with Gasteiger partial charge in [-0.1, -0.05) is 0 Å². The highest BCUT2D eigenvalue weighted by molar-refractivity contribution is 5.94. The van der Waals surface area contributed by atoms with Crippen molar-refractivity contribution in [3.05, 3.63) is 47.2 Å². The van der Waals surface area contributed by atoms with Crippen molar-refractivity contribution in [2.75, 3.05) is 52.8 Å². The molecule has 0 saturated carbocycles. The maximum absolute atomic E-state index is 12.5. The molecule has 0 aliphatic carbocycles. The van der Waals surface area contributed by atoms with Gasteiger partial charge in [-0.3, -0.25) is 4.79 Å². The van der Waals surface area contributed by atoms with E-state index in [1.165, 1.54) is 11.1 Å². The molecule has 1 aromatic carbocycles. The van der Waals surface area contributed by atoms with Gasteiger partial charge in [-0.25, -0.2) is 4.98 Å². The number of pyridine rings is 1. The van der Waals surface area contributed by atoms with E-state index in [1.54, 1.807) is 26.5 Å². The molecule has 0 fully saturated rings. The molecule has 29 heavy (non-hydrogen) atoms. The fraction of sp³-hybridized carbons (Fsp3) is 0.455. The lowest BCUT2D eigenvalue weighted by Gasteiger charge is -2.30. The lowest BCUT2D eigenvalue weighted by atomic mass is 9.98. The van der Waals surface area contributed by atoms with Crippen LogP contribution in [0.15, 0.2) is 30.5 Å². The first-order chi connectivity index (χ1) is 14.0. The Hall–Kier alpha value is -2.80. The third-order valence-corrected chi connectivity index (χ3v) is 5.12. The molecule has 1 amide bonds. The molecule has 0 spiro atoms. The second kappa shape index (κ2) is 9.60. The topological polar surface area (TPSA) is 66.9 Å². The van der Waals surface area contributed by atoms with Gasteiger partial charge in [-0.2, -0.15) is 0 Å². The molecule has 1 aromatic heterocycles. The summed E-state index contributed by atoms with van der Waals surface area (Å²) in [4.78, 5) is 21.3. The number of hydrogen-bond donors (Lipinski definition) is 1. The van der Waals surface area contributed by atoms with Gasteiger partial charge in [0.1, 0.15) is 5.82 Å². The maximum atomic E-state index is 12.5. The highest BCUT2D eigenvalue weighted by atomic mass is 16.5. The Morgan fingerprint density at radius 2 is 1.90 bits per heavy atom. The summed E-state index contributed by atoms with van der Waals surface area (Å²) < 4.78 is 10.9. The van der Waals surface area contributed by atoms with E-state index in [0.29, 0.717) is 12.1 Å². The highest BCUT2D eigenvalue weighted by Gasteiger charge is 2.21. The summed E-state index contributed by atoms with van der Waals surface area (Å²) in [6.07, 6.45) is 3.51. The van der Waals surface area contributed by atoms with Crippen molar-refractivity contribution in [1.29, 1.82) is 0 Å². The molecule has 0 radical (unpaired) electrons. The third kappa shape index (κ3) is 5.17. The van der Waals surface area contributed by atoms with Crippen molar-refractivity contribution in [1.82, 2.24) is 15.2 Å². The first-order valence-electron chi connectivity index (χ1n) is 9.89. The van der Waals surface area contributed by atoms with Crippen LogP contribution in [0.25, 0.3) is 0 Å². The average Bonchev–Trinajstić information content (AvgIpc) is 2.75. The summed E-state index contributed by atoms with van der Waals surface area (Å²) in [5.74, 6) is 2.24. The van der Waals surface area contributed by atoms with Crippen LogP contribution in [0.5, 0.6) is 11.5 Å². The van der Waals surface area contributed by atoms with Crippen LogP contribution >= 0.6 is 0 Å². The summed E-state index contributed by atoms with van der Waals surface area (Å²) in [5.41, 5.74) is 3.08. The molecule has 0 unspecified atom stereocenters. The van der Waals surface area contributed by atoms with Crippen LogP contribution < -0.4 is 19.7 Å². The summed E-state index contributed by atoms with van der Waals surface area (Å²) in [7, 11) is 7.35. The Morgan fingerprint density at radius 3 is 2.59 bits per heavy atom. The molecule has 1 N–H and O–H groups in total. The second-order valence-corrected chi connectivity index (χ2v) is 7.46. The van der Waals surface area contributed by atoms with Crippen LogP contribution in [0.2, 0.25) is 0 Å². The number of fused-ring (bicyclic) bond motifs is 1.